The highest BCUT2D eigenvalue weighted by molar-refractivity contribution is 5.82. The molecule has 0 spiro atoms. The number of ether oxygens (including phenoxy) is 2. The SMILES string of the molecule is COc1ccccc1OCC(=O)NN=Cc1cccc(F)c1. The fraction of sp³-hybridized carbons (Fsp3) is 0.125. The summed E-state index contributed by atoms with van der Waals surface area (Å²) in [5.41, 5.74) is 2.85. The van der Waals surface area contributed by atoms with Crippen molar-refractivity contribution < 1.29 is 18.7 Å². The van der Waals surface area contributed by atoms with Gasteiger partial charge in [-0.25, -0.2) is 9.82 Å². The molecule has 2 aromatic rings. The maximum Gasteiger partial charge on any atom is 0.277 e. The number of nitrogens with one attached hydrogen (secondary N) is 1. The highest BCUT2D eigenvalue weighted by Crippen LogP contribution is 2.25. The Bertz CT molecular complexity index is 674. The minimum absolute atomic E-state index is 0.207. The van der Waals surface area contributed by atoms with Crippen LogP contribution in [0.3, 0.4) is 0 Å². The van der Waals surface area contributed by atoms with Crippen LogP contribution in [-0.4, -0.2) is 25.8 Å². The second kappa shape index (κ2) is 7.78. The van der Waals surface area contributed by atoms with E-state index in [1.807, 2.05) is 0 Å². The molecule has 2 aromatic carbocycles. The van der Waals surface area contributed by atoms with Gasteiger partial charge in [0.15, 0.2) is 18.1 Å². The number of benzene rings is 2. The number of rotatable bonds is 6. The standard InChI is InChI=1S/C16H15FN2O3/c1-21-14-7-2-3-8-15(14)22-11-16(20)19-18-10-12-5-4-6-13(17)9-12/h2-10H,11H2,1H3,(H,19,20). The third-order valence-corrected chi connectivity index (χ3v) is 2.68. The van der Waals surface area contributed by atoms with Crippen molar-refractivity contribution in [1.82, 2.24) is 5.43 Å². The number of hydrogen-bond donors (Lipinski definition) is 1. The molecule has 1 amide bonds. The van der Waals surface area contributed by atoms with Gasteiger partial charge in [0.1, 0.15) is 5.82 Å². The average Bonchev–Trinajstić information content (AvgIpc) is 2.53. The number of nitrogens with zero attached hydrogens (tertiary/aromatic N) is 1. The van der Waals surface area contributed by atoms with Gasteiger partial charge in [0.25, 0.3) is 5.91 Å². The molecule has 2 rings (SSSR count). The Labute approximate surface area is 127 Å². The number of hydrogen-bond acceptors (Lipinski definition) is 4. The van der Waals surface area contributed by atoms with Crippen LogP contribution < -0.4 is 14.9 Å². The number of carbonyl (C=O) groups is 1. The summed E-state index contributed by atoms with van der Waals surface area (Å²) in [5.74, 6) is 0.209. The summed E-state index contributed by atoms with van der Waals surface area (Å²) in [4.78, 5) is 11.6. The Hall–Kier alpha value is -2.89. The second-order valence-electron chi connectivity index (χ2n) is 4.29. The second-order valence-corrected chi connectivity index (χ2v) is 4.29. The number of hydrazone groups is 1. The van der Waals surface area contributed by atoms with Crippen LogP contribution in [0.4, 0.5) is 4.39 Å². The minimum Gasteiger partial charge on any atom is -0.493 e. The molecule has 0 bridgehead atoms. The third-order valence-electron chi connectivity index (χ3n) is 2.68. The highest BCUT2D eigenvalue weighted by Gasteiger charge is 2.05. The molecule has 0 fully saturated rings. The molecule has 0 aliphatic heterocycles. The molecule has 0 unspecified atom stereocenters. The van der Waals surface area contributed by atoms with E-state index in [0.717, 1.165) is 0 Å². The van der Waals surface area contributed by atoms with Crippen LogP contribution in [0.5, 0.6) is 11.5 Å². The Balaban J connectivity index is 1.83. The maximum absolute atomic E-state index is 13.0. The van der Waals surface area contributed by atoms with Crippen molar-refractivity contribution in [3.8, 4) is 11.5 Å². The molecule has 0 atom stereocenters. The lowest BCUT2D eigenvalue weighted by Gasteiger charge is -2.09. The Morgan fingerprint density at radius 3 is 2.73 bits per heavy atom. The van der Waals surface area contributed by atoms with E-state index in [2.05, 4.69) is 10.5 Å². The molecule has 0 heterocycles. The van der Waals surface area contributed by atoms with Crippen molar-refractivity contribution in [2.75, 3.05) is 13.7 Å². The number of para-hydroxylation sites is 2. The average molecular weight is 302 g/mol. The van der Waals surface area contributed by atoms with E-state index in [0.29, 0.717) is 17.1 Å². The van der Waals surface area contributed by atoms with Crippen molar-refractivity contribution in [2.45, 2.75) is 0 Å². The summed E-state index contributed by atoms with van der Waals surface area (Å²) in [6.07, 6.45) is 1.35. The fourth-order valence-corrected chi connectivity index (χ4v) is 1.68. The van der Waals surface area contributed by atoms with Crippen LogP contribution in [0.15, 0.2) is 53.6 Å². The van der Waals surface area contributed by atoms with Crippen LogP contribution >= 0.6 is 0 Å². The molecule has 0 aromatic heterocycles. The molecular formula is C16H15FN2O3. The van der Waals surface area contributed by atoms with Gasteiger partial charge in [0.2, 0.25) is 0 Å². The van der Waals surface area contributed by atoms with Crippen LogP contribution in [-0.2, 0) is 4.79 Å². The number of methoxy groups -OCH3 is 1. The predicted octanol–water partition coefficient (Wildman–Crippen LogP) is 2.36. The van der Waals surface area contributed by atoms with Gasteiger partial charge in [-0.2, -0.15) is 5.10 Å². The van der Waals surface area contributed by atoms with Crippen molar-refractivity contribution in [3.63, 3.8) is 0 Å². The summed E-state index contributed by atoms with van der Waals surface area (Å²) in [6, 6.07) is 12.9. The number of halogens is 1. The minimum atomic E-state index is -0.432. The van der Waals surface area contributed by atoms with E-state index in [9.17, 15) is 9.18 Å². The zero-order valence-electron chi connectivity index (χ0n) is 12.0. The van der Waals surface area contributed by atoms with Crippen molar-refractivity contribution >= 4 is 12.1 Å². The molecule has 0 saturated carbocycles. The van der Waals surface area contributed by atoms with Gasteiger partial charge in [-0.3, -0.25) is 4.79 Å². The Morgan fingerprint density at radius 2 is 2.00 bits per heavy atom. The molecule has 6 heteroatoms. The summed E-state index contributed by atoms with van der Waals surface area (Å²) >= 11 is 0. The maximum atomic E-state index is 13.0. The third kappa shape index (κ3) is 4.59. The first kappa shape index (κ1) is 15.5. The predicted molar refractivity (Wildman–Crippen MR) is 80.6 cm³/mol. The van der Waals surface area contributed by atoms with Crippen LogP contribution in [0.1, 0.15) is 5.56 Å². The van der Waals surface area contributed by atoms with E-state index in [4.69, 9.17) is 9.47 Å². The molecule has 1 N–H and O–H groups in total. The lowest BCUT2D eigenvalue weighted by Crippen LogP contribution is -2.24. The molecule has 0 saturated heterocycles. The van der Waals surface area contributed by atoms with Crippen molar-refractivity contribution in [3.05, 3.63) is 59.9 Å². The Morgan fingerprint density at radius 1 is 1.23 bits per heavy atom. The van der Waals surface area contributed by atoms with Crippen molar-refractivity contribution in [2.24, 2.45) is 5.10 Å². The molecular weight excluding hydrogens is 287 g/mol. The van der Waals surface area contributed by atoms with Gasteiger partial charge in [-0.05, 0) is 29.8 Å². The van der Waals surface area contributed by atoms with Gasteiger partial charge in [-0.1, -0.05) is 24.3 Å². The van der Waals surface area contributed by atoms with Crippen molar-refractivity contribution in [1.29, 1.82) is 0 Å². The van der Waals surface area contributed by atoms with Gasteiger partial charge in [0, 0.05) is 0 Å². The van der Waals surface area contributed by atoms with E-state index in [-0.39, 0.29) is 12.4 Å². The van der Waals surface area contributed by atoms with E-state index in [1.54, 1.807) is 36.4 Å². The monoisotopic (exact) mass is 302 g/mol. The van der Waals surface area contributed by atoms with E-state index >= 15 is 0 Å². The fourth-order valence-electron chi connectivity index (χ4n) is 1.68. The van der Waals surface area contributed by atoms with E-state index in [1.165, 1.54) is 25.5 Å². The summed E-state index contributed by atoms with van der Waals surface area (Å²) in [6.45, 7) is -0.207. The summed E-state index contributed by atoms with van der Waals surface area (Å²) in [7, 11) is 1.52. The normalized spacial score (nSPS) is 10.5. The first-order valence-electron chi connectivity index (χ1n) is 6.52. The summed E-state index contributed by atoms with van der Waals surface area (Å²) < 4.78 is 23.4. The van der Waals surface area contributed by atoms with E-state index < -0.39 is 5.91 Å². The lowest BCUT2D eigenvalue weighted by atomic mass is 10.2. The van der Waals surface area contributed by atoms with Gasteiger partial charge < -0.3 is 9.47 Å². The summed E-state index contributed by atoms with van der Waals surface area (Å²) in [5, 5.41) is 3.74. The topological polar surface area (TPSA) is 59.9 Å². The largest absolute Gasteiger partial charge is 0.493 e. The lowest BCUT2D eigenvalue weighted by molar-refractivity contribution is -0.123. The molecule has 0 aliphatic carbocycles. The first-order chi connectivity index (χ1) is 10.7. The molecule has 114 valence electrons. The quantitative estimate of drug-likeness (QED) is 0.658. The molecule has 22 heavy (non-hydrogen) atoms. The molecule has 0 aliphatic rings. The molecule has 0 radical (unpaired) electrons. The van der Waals surface area contributed by atoms with Gasteiger partial charge >= 0.3 is 0 Å². The number of amides is 1. The van der Waals surface area contributed by atoms with Gasteiger partial charge in [0.05, 0.1) is 13.3 Å². The highest BCUT2D eigenvalue weighted by atomic mass is 19.1. The van der Waals surface area contributed by atoms with Gasteiger partial charge in [-0.15, -0.1) is 0 Å². The van der Waals surface area contributed by atoms with Crippen LogP contribution in [0.25, 0.3) is 0 Å². The zero-order valence-corrected chi connectivity index (χ0v) is 12.0. The molecule has 5 nitrogen and oxygen atoms in total. The zero-order chi connectivity index (χ0) is 15.8. The smallest absolute Gasteiger partial charge is 0.277 e. The van der Waals surface area contributed by atoms with Crippen LogP contribution in [0.2, 0.25) is 0 Å². The Kier molecular flexibility index (Phi) is 5.48. The first-order valence-corrected chi connectivity index (χ1v) is 6.52. The van der Waals surface area contributed by atoms with Crippen LogP contribution in [0, 0.1) is 5.82 Å². The number of carbonyl (C=O) groups excluding carboxylic acids is 1.